The third-order valence-corrected chi connectivity index (χ3v) is 4.21. The van der Waals surface area contributed by atoms with Gasteiger partial charge in [0.15, 0.2) is 5.13 Å². The molecule has 1 aliphatic heterocycles. The molecular weight excluding hydrogens is 252 g/mol. The predicted octanol–water partition coefficient (Wildman–Crippen LogP) is 1.91. The number of aromatic nitrogens is 1. The number of anilines is 1. The average molecular weight is 270 g/mol. The minimum Gasteiger partial charge on any atom is -0.481 e. The molecule has 1 N–H and O–H groups in total. The number of aliphatic carboxylic acids is 1. The lowest BCUT2D eigenvalue weighted by molar-refractivity contribution is -0.136. The van der Waals surface area contributed by atoms with Gasteiger partial charge in [-0.25, -0.2) is 4.98 Å². The second kappa shape index (κ2) is 6.15. The van der Waals surface area contributed by atoms with Gasteiger partial charge in [0.2, 0.25) is 0 Å². The summed E-state index contributed by atoms with van der Waals surface area (Å²) >= 11 is 1.61. The molecule has 0 saturated carbocycles. The average Bonchev–Trinajstić information content (AvgIpc) is 2.95. The molecule has 0 bridgehead atoms. The summed E-state index contributed by atoms with van der Waals surface area (Å²) in [6.07, 6.45) is 3.12. The van der Waals surface area contributed by atoms with Gasteiger partial charge in [0.05, 0.1) is 18.7 Å². The Kier molecular flexibility index (Phi) is 4.54. The SMILES string of the molecule is COCc1nc(N2CCCC2)sc1CCC(=O)O. The highest BCUT2D eigenvalue weighted by molar-refractivity contribution is 7.15. The van der Waals surface area contributed by atoms with Crippen LogP contribution in [0.1, 0.15) is 29.8 Å². The molecule has 1 aromatic rings. The first kappa shape index (κ1) is 13.3. The highest BCUT2D eigenvalue weighted by Gasteiger charge is 2.19. The fourth-order valence-electron chi connectivity index (χ4n) is 2.08. The number of carbonyl (C=O) groups is 1. The number of rotatable bonds is 6. The molecule has 1 aliphatic rings. The number of aryl methyl sites for hydroxylation is 1. The van der Waals surface area contributed by atoms with Gasteiger partial charge in [-0.05, 0) is 19.3 Å². The van der Waals surface area contributed by atoms with E-state index in [-0.39, 0.29) is 6.42 Å². The second-order valence-corrected chi connectivity index (χ2v) is 5.45. The fourth-order valence-corrected chi connectivity index (χ4v) is 3.19. The maximum atomic E-state index is 10.6. The van der Waals surface area contributed by atoms with Crippen LogP contribution in [0.5, 0.6) is 0 Å². The first-order valence-corrected chi connectivity index (χ1v) is 6.96. The van der Waals surface area contributed by atoms with Crippen molar-refractivity contribution in [1.82, 2.24) is 4.98 Å². The van der Waals surface area contributed by atoms with E-state index >= 15 is 0 Å². The lowest BCUT2D eigenvalue weighted by Gasteiger charge is -2.12. The molecular formula is C12H18N2O3S. The van der Waals surface area contributed by atoms with Crippen LogP contribution < -0.4 is 4.90 Å². The Morgan fingerprint density at radius 3 is 2.83 bits per heavy atom. The first-order valence-electron chi connectivity index (χ1n) is 6.15. The first-order chi connectivity index (χ1) is 8.70. The van der Waals surface area contributed by atoms with Gasteiger partial charge in [0, 0.05) is 25.1 Å². The van der Waals surface area contributed by atoms with Crippen molar-refractivity contribution in [2.75, 3.05) is 25.1 Å². The van der Waals surface area contributed by atoms with Crippen molar-refractivity contribution in [2.24, 2.45) is 0 Å². The van der Waals surface area contributed by atoms with Gasteiger partial charge in [0.1, 0.15) is 0 Å². The molecule has 0 radical (unpaired) electrons. The zero-order valence-electron chi connectivity index (χ0n) is 10.5. The fraction of sp³-hybridized carbons (Fsp3) is 0.667. The highest BCUT2D eigenvalue weighted by atomic mass is 32.1. The van der Waals surface area contributed by atoms with Crippen molar-refractivity contribution in [3.05, 3.63) is 10.6 Å². The van der Waals surface area contributed by atoms with Gasteiger partial charge in [-0.3, -0.25) is 4.79 Å². The number of ether oxygens (including phenoxy) is 1. The third kappa shape index (κ3) is 3.20. The van der Waals surface area contributed by atoms with Gasteiger partial charge in [-0.1, -0.05) is 0 Å². The summed E-state index contributed by atoms with van der Waals surface area (Å²) in [4.78, 5) is 18.5. The van der Waals surface area contributed by atoms with Gasteiger partial charge < -0.3 is 14.7 Å². The Bertz CT molecular complexity index is 413. The van der Waals surface area contributed by atoms with Crippen LogP contribution >= 0.6 is 11.3 Å². The van der Waals surface area contributed by atoms with E-state index in [1.165, 1.54) is 12.8 Å². The summed E-state index contributed by atoms with van der Waals surface area (Å²) in [5.74, 6) is -0.769. The predicted molar refractivity (Wildman–Crippen MR) is 70.2 cm³/mol. The van der Waals surface area contributed by atoms with E-state index in [0.717, 1.165) is 28.8 Å². The Morgan fingerprint density at radius 1 is 1.50 bits per heavy atom. The zero-order valence-corrected chi connectivity index (χ0v) is 11.3. The molecule has 18 heavy (non-hydrogen) atoms. The van der Waals surface area contributed by atoms with Crippen LogP contribution in [0.3, 0.4) is 0 Å². The van der Waals surface area contributed by atoms with Gasteiger partial charge in [-0.2, -0.15) is 0 Å². The molecule has 0 unspecified atom stereocenters. The van der Waals surface area contributed by atoms with Crippen LogP contribution in [0.4, 0.5) is 5.13 Å². The van der Waals surface area contributed by atoms with E-state index in [4.69, 9.17) is 9.84 Å². The molecule has 2 rings (SSSR count). The minimum atomic E-state index is -0.769. The Balaban J connectivity index is 2.11. The molecule has 1 saturated heterocycles. The largest absolute Gasteiger partial charge is 0.481 e. The molecule has 0 aliphatic carbocycles. The summed E-state index contributed by atoms with van der Waals surface area (Å²) in [7, 11) is 1.63. The molecule has 0 atom stereocenters. The number of carboxylic acids is 1. The number of nitrogens with zero attached hydrogens (tertiary/aromatic N) is 2. The monoisotopic (exact) mass is 270 g/mol. The van der Waals surface area contributed by atoms with E-state index in [1.807, 2.05) is 0 Å². The lowest BCUT2D eigenvalue weighted by Crippen LogP contribution is -2.17. The zero-order chi connectivity index (χ0) is 13.0. The maximum Gasteiger partial charge on any atom is 0.303 e. The summed E-state index contributed by atoms with van der Waals surface area (Å²) in [5.41, 5.74) is 0.894. The van der Waals surface area contributed by atoms with Gasteiger partial charge in [-0.15, -0.1) is 11.3 Å². The quantitative estimate of drug-likeness (QED) is 0.855. The van der Waals surface area contributed by atoms with E-state index < -0.39 is 5.97 Å². The van der Waals surface area contributed by atoms with Crippen LogP contribution in [0, 0.1) is 0 Å². The van der Waals surface area contributed by atoms with Crippen molar-refractivity contribution >= 4 is 22.4 Å². The molecule has 6 heteroatoms. The molecule has 100 valence electrons. The summed E-state index contributed by atoms with van der Waals surface area (Å²) in [6.45, 7) is 2.57. The standard InChI is InChI=1S/C12H18N2O3S/c1-17-8-9-10(4-5-11(15)16)18-12(13-9)14-6-2-3-7-14/h2-8H2,1H3,(H,15,16). The molecule has 5 nitrogen and oxygen atoms in total. The maximum absolute atomic E-state index is 10.6. The Morgan fingerprint density at radius 2 is 2.22 bits per heavy atom. The molecule has 1 aromatic heterocycles. The highest BCUT2D eigenvalue weighted by Crippen LogP contribution is 2.30. The molecule has 2 heterocycles. The van der Waals surface area contributed by atoms with Crippen LogP contribution in [0.15, 0.2) is 0 Å². The number of hydrogen-bond donors (Lipinski definition) is 1. The van der Waals surface area contributed by atoms with Crippen molar-refractivity contribution in [3.63, 3.8) is 0 Å². The molecule has 0 spiro atoms. The van der Waals surface area contributed by atoms with Crippen LogP contribution in [-0.4, -0.2) is 36.3 Å². The number of thiazole rings is 1. The van der Waals surface area contributed by atoms with Crippen molar-refractivity contribution in [3.8, 4) is 0 Å². The van der Waals surface area contributed by atoms with Gasteiger partial charge >= 0.3 is 5.97 Å². The Hall–Kier alpha value is -1.14. The van der Waals surface area contributed by atoms with Gasteiger partial charge in [0.25, 0.3) is 0 Å². The van der Waals surface area contributed by atoms with Crippen molar-refractivity contribution in [2.45, 2.75) is 32.3 Å². The molecule has 1 fully saturated rings. The minimum absolute atomic E-state index is 0.151. The Labute approximate surface area is 110 Å². The molecule has 0 amide bonds. The van der Waals surface area contributed by atoms with E-state index in [2.05, 4.69) is 9.88 Å². The topological polar surface area (TPSA) is 62.7 Å². The van der Waals surface area contributed by atoms with Crippen LogP contribution in [0.2, 0.25) is 0 Å². The van der Waals surface area contributed by atoms with E-state index in [1.54, 1.807) is 18.4 Å². The summed E-state index contributed by atoms with van der Waals surface area (Å²) < 4.78 is 5.13. The second-order valence-electron chi connectivity index (χ2n) is 4.39. The number of methoxy groups -OCH3 is 1. The van der Waals surface area contributed by atoms with Crippen LogP contribution in [0.25, 0.3) is 0 Å². The summed E-state index contributed by atoms with van der Waals surface area (Å²) in [5, 5.41) is 9.77. The smallest absolute Gasteiger partial charge is 0.303 e. The lowest BCUT2D eigenvalue weighted by atomic mass is 10.2. The molecule has 0 aromatic carbocycles. The summed E-state index contributed by atoms with van der Waals surface area (Å²) in [6, 6.07) is 0. The van der Waals surface area contributed by atoms with Crippen LogP contribution in [-0.2, 0) is 22.6 Å². The van der Waals surface area contributed by atoms with Crippen molar-refractivity contribution < 1.29 is 14.6 Å². The number of carboxylic acid groups (broad SMARTS) is 1. The van der Waals surface area contributed by atoms with E-state index in [0.29, 0.717) is 13.0 Å². The van der Waals surface area contributed by atoms with E-state index in [9.17, 15) is 4.79 Å². The number of hydrogen-bond acceptors (Lipinski definition) is 5. The third-order valence-electron chi connectivity index (χ3n) is 2.99. The normalized spacial score (nSPS) is 15.3. The van der Waals surface area contributed by atoms with Crippen molar-refractivity contribution in [1.29, 1.82) is 0 Å².